The van der Waals surface area contributed by atoms with E-state index in [1.54, 1.807) is 13.0 Å². The molecule has 0 bridgehead atoms. The summed E-state index contributed by atoms with van der Waals surface area (Å²) in [6.45, 7) is 11.2. The molecule has 0 fully saturated rings. The molecule has 0 atom stereocenters. The zero-order valence-corrected chi connectivity index (χ0v) is 12.9. The molecule has 1 rings (SSSR count). The van der Waals surface area contributed by atoms with Gasteiger partial charge in [-0.2, -0.15) is 5.26 Å². The summed E-state index contributed by atoms with van der Waals surface area (Å²) in [7, 11) is 0. The average Bonchev–Trinajstić information content (AvgIpc) is 2.47. The molecule has 0 aromatic heterocycles. The van der Waals surface area contributed by atoms with Crippen LogP contribution in [-0.2, 0) is 6.42 Å². The molecule has 20 heavy (non-hydrogen) atoms. The molecule has 0 radical (unpaired) electrons. The lowest BCUT2D eigenvalue weighted by Crippen LogP contribution is -2.07. The number of nitriles is 1. The van der Waals surface area contributed by atoms with E-state index in [1.807, 2.05) is 37.2 Å². The Morgan fingerprint density at radius 3 is 2.25 bits per heavy atom. The van der Waals surface area contributed by atoms with Crippen LogP contribution >= 0.6 is 0 Å². The monoisotopic (exact) mass is 268 g/mol. The number of benzene rings is 1. The number of aryl methyl sites for hydroxylation is 1. The third-order valence-corrected chi connectivity index (χ3v) is 2.46. The summed E-state index contributed by atoms with van der Waals surface area (Å²) >= 11 is 0. The van der Waals surface area contributed by atoms with Crippen LogP contribution in [-0.4, -0.2) is 0 Å². The minimum absolute atomic E-state index is 0.683. The largest absolute Gasteiger partial charge is 0.323 e. The van der Waals surface area contributed by atoms with Gasteiger partial charge < -0.3 is 4.90 Å². The van der Waals surface area contributed by atoms with Crippen molar-refractivity contribution in [2.24, 2.45) is 0 Å². The predicted octanol–water partition coefficient (Wildman–Crippen LogP) is 5.21. The van der Waals surface area contributed by atoms with Gasteiger partial charge in [0.1, 0.15) is 0 Å². The zero-order valence-electron chi connectivity index (χ0n) is 12.9. The van der Waals surface area contributed by atoms with E-state index in [-0.39, 0.29) is 0 Å². The molecule has 106 valence electrons. The van der Waals surface area contributed by atoms with Gasteiger partial charge in [0, 0.05) is 23.7 Å². The molecular weight excluding hydrogens is 244 g/mol. The molecule has 0 aliphatic rings. The maximum Gasteiger partial charge on any atom is 0.0959 e. The van der Waals surface area contributed by atoms with Gasteiger partial charge in [0.15, 0.2) is 0 Å². The van der Waals surface area contributed by atoms with Gasteiger partial charge in [0.05, 0.1) is 6.07 Å². The van der Waals surface area contributed by atoms with Gasteiger partial charge in [-0.3, -0.25) is 0 Å². The van der Waals surface area contributed by atoms with Crippen molar-refractivity contribution >= 4 is 5.69 Å². The lowest BCUT2D eigenvalue weighted by atomic mass is 10.1. The molecule has 0 saturated carbocycles. The number of rotatable bonds is 4. The van der Waals surface area contributed by atoms with Gasteiger partial charge in [-0.25, -0.2) is 0 Å². The highest BCUT2D eigenvalue weighted by atomic mass is 15.1. The highest BCUT2D eigenvalue weighted by molar-refractivity contribution is 5.54. The van der Waals surface area contributed by atoms with E-state index < -0.39 is 0 Å². The highest BCUT2D eigenvalue weighted by Gasteiger charge is 2.00. The SMILES string of the molecule is C/C=C/N(/C=C(\C)C#N)c1ccc(CC)cc1.C=CC. The zero-order chi connectivity index (χ0) is 15.4. The van der Waals surface area contributed by atoms with E-state index in [1.165, 1.54) is 5.56 Å². The van der Waals surface area contributed by atoms with Crippen molar-refractivity contribution in [3.63, 3.8) is 0 Å². The third kappa shape index (κ3) is 6.61. The van der Waals surface area contributed by atoms with Gasteiger partial charge in [-0.1, -0.05) is 31.2 Å². The maximum absolute atomic E-state index is 8.81. The number of hydrogen-bond donors (Lipinski definition) is 0. The first kappa shape index (κ1) is 17.7. The molecule has 0 aliphatic heterocycles. The van der Waals surface area contributed by atoms with Crippen molar-refractivity contribution in [2.75, 3.05) is 4.90 Å². The van der Waals surface area contributed by atoms with Gasteiger partial charge in [-0.05, 0) is 44.9 Å². The first-order valence-corrected chi connectivity index (χ1v) is 6.78. The van der Waals surface area contributed by atoms with Crippen LogP contribution in [0.5, 0.6) is 0 Å². The van der Waals surface area contributed by atoms with Crippen LogP contribution in [0.15, 0.2) is 61.0 Å². The van der Waals surface area contributed by atoms with Crippen molar-refractivity contribution < 1.29 is 0 Å². The van der Waals surface area contributed by atoms with Gasteiger partial charge >= 0.3 is 0 Å². The Hall–Kier alpha value is -2.27. The van der Waals surface area contributed by atoms with Gasteiger partial charge in [0.25, 0.3) is 0 Å². The van der Waals surface area contributed by atoms with Crippen molar-refractivity contribution in [1.82, 2.24) is 0 Å². The molecule has 0 N–H and O–H groups in total. The molecule has 2 heteroatoms. The maximum atomic E-state index is 8.81. The molecule has 0 unspecified atom stereocenters. The lowest BCUT2D eigenvalue weighted by Gasteiger charge is -2.16. The normalized spacial score (nSPS) is 10.4. The Kier molecular flexibility index (Phi) is 9.43. The fourth-order valence-corrected chi connectivity index (χ4v) is 1.51. The Morgan fingerprint density at radius 2 is 1.85 bits per heavy atom. The smallest absolute Gasteiger partial charge is 0.0959 e. The molecular formula is C18H24N2. The topological polar surface area (TPSA) is 27.0 Å². The highest BCUT2D eigenvalue weighted by Crippen LogP contribution is 2.17. The average molecular weight is 268 g/mol. The minimum atomic E-state index is 0.683. The van der Waals surface area contributed by atoms with Crippen LogP contribution in [0.2, 0.25) is 0 Å². The molecule has 0 aliphatic carbocycles. The Labute approximate surface area is 123 Å². The standard InChI is InChI=1S/C15H18N2.C3H6/c1-4-10-17(12-13(3)11-16)15-8-6-14(5-2)7-9-15;1-3-2/h4,6-10,12H,5H2,1-3H3;3H,1H2,2H3/b10-4+,13-12+;. The van der Waals surface area contributed by atoms with Crippen LogP contribution in [0.3, 0.4) is 0 Å². The van der Waals surface area contributed by atoms with E-state index in [2.05, 4.69) is 43.8 Å². The van der Waals surface area contributed by atoms with Crippen molar-refractivity contribution in [2.45, 2.75) is 34.1 Å². The van der Waals surface area contributed by atoms with E-state index in [4.69, 9.17) is 5.26 Å². The van der Waals surface area contributed by atoms with Crippen LogP contribution in [0.4, 0.5) is 5.69 Å². The minimum Gasteiger partial charge on any atom is -0.323 e. The summed E-state index contributed by atoms with van der Waals surface area (Å²) in [5.41, 5.74) is 3.06. The quantitative estimate of drug-likeness (QED) is 0.553. The van der Waals surface area contributed by atoms with E-state index in [9.17, 15) is 0 Å². The fraction of sp³-hybridized carbons (Fsp3) is 0.278. The molecule has 1 aromatic rings. The molecule has 0 spiro atoms. The second kappa shape index (κ2) is 10.6. The van der Waals surface area contributed by atoms with Crippen molar-refractivity contribution in [3.8, 4) is 6.07 Å². The molecule has 2 nitrogen and oxygen atoms in total. The third-order valence-electron chi connectivity index (χ3n) is 2.46. The predicted molar refractivity (Wildman–Crippen MR) is 88.4 cm³/mol. The Morgan fingerprint density at radius 1 is 1.30 bits per heavy atom. The number of nitrogens with zero attached hydrogens (tertiary/aromatic N) is 2. The van der Waals surface area contributed by atoms with Crippen LogP contribution in [0.1, 0.15) is 33.3 Å². The summed E-state index contributed by atoms with van der Waals surface area (Å²) in [5, 5.41) is 8.81. The van der Waals surface area contributed by atoms with Crippen LogP contribution in [0, 0.1) is 11.3 Å². The molecule has 0 heterocycles. The van der Waals surface area contributed by atoms with Crippen molar-refractivity contribution in [1.29, 1.82) is 5.26 Å². The summed E-state index contributed by atoms with van der Waals surface area (Å²) < 4.78 is 0. The second-order valence-electron chi connectivity index (χ2n) is 4.24. The van der Waals surface area contributed by atoms with Gasteiger partial charge in [0.2, 0.25) is 0 Å². The summed E-state index contributed by atoms with van der Waals surface area (Å²) in [6, 6.07) is 10.5. The Balaban J connectivity index is 0.00000110. The molecule has 0 saturated heterocycles. The van der Waals surface area contributed by atoms with E-state index >= 15 is 0 Å². The van der Waals surface area contributed by atoms with Crippen LogP contribution < -0.4 is 4.90 Å². The number of hydrogen-bond acceptors (Lipinski definition) is 2. The second-order valence-corrected chi connectivity index (χ2v) is 4.24. The first-order valence-electron chi connectivity index (χ1n) is 6.78. The van der Waals surface area contributed by atoms with Crippen molar-refractivity contribution in [3.05, 3.63) is 66.5 Å². The van der Waals surface area contributed by atoms with E-state index in [0.717, 1.165) is 12.1 Å². The summed E-state index contributed by atoms with van der Waals surface area (Å²) in [5.74, 6) is 0. The summed E-state index contributed by atoms with van der Waals surface area (Å²) in [6.07, 6.45) is 8.52. The first-order chi connectivity index (χ1) is 9.62. The number of allylic oxidation sites excluding steroid dienone is 3. The fourth-order valence-electron chi connectivity index (χ4n) is 1.51. The lowest BCUT2D eigenvalue weighted by molar-refractivity contribution is 1.13. The Bertz CT molecular complexity index is 487. The van der Waals surface area contributed by atoms with E-state index in [0.29, 0.717) is 5.57 Å². The van der Waals surface area contributed by atoms with Crippen LogP contribution in [0.25, 0.3) is 0 Å². The molecule has 0 amide bonds. The summed E-state index contributed by atoms with van der Waals surface area (Å²) in [4.78, 5) is 1.96. The van der Waals surface area contributed by atoms with Gasteiger partial charge in [-0.15, -0.1) is 6.58 Å². The number of anilines is 1. The molecule has 1 aromatic carbocycles.